The van der Waals surface area contributed by atoms with Crippen molar-refractivity contribution in [1.82, 2.24) is 9.97 Å². The van der Waals surface area contributed by atoms with Crippen molar-refractivity contribution in [2.75, 3.05) is 0 Å². The van der Waals surface area contributed by atoms with Crippen LogP contribution in [-0.2, 0) is 5.75 Å². The summed E-state index contributed by atoms with van der Waals surface area (Å²) in [5.41, 5.74) is 2.07. The van der Waals surface area contributed by atoms with E-state index in [2.05, 4.69) is 9.97 Å². The molecule has 0 aliphatic rings. The zero-order valence-electron chi connectivity index (χ0n) is 10.2. The largest absolute Gasteiger partial charge is 0.244 e. The van der Waals surface area contributed by atoms with Gasteiger partial charge in [0.25, 0.3) is 0 Å². The highest BCUT2D eigenvalue weighted by Gasteiger charge is 2.05. The number of benzene rings is 1. The van der Waals surface area contributed by atoms with Crippen molar-refractivity contribution in [2.45, 2.75) is 10.1 Å². The fraction of sp³-hybridized carbons (Fsp3) is 0.0769. The minimum Gasteiger partial charge on any atom is -0.244 e. The molecule has 0 saturated heterocycles. The van der Waals surface area contributed by atoms with Crippen LogP contribution in [0.4, 0.5) is 4.39 Å². The van der Waals surface area contributed by atoms with Gasteiger partial charge in [0.15, 0.2) is 4.34 Å². The van der Waals surface area contributed by atoms with Crippen molar-refractivity contribution in [2.24, 2.45) is 0 Å². The van der Waals surface area contributed by atoms with Gasteiger partial charge >= 0.3 is 0 Å². The van der Waals surface area contributed by atoms with E-state index in [-0.39, 0.29) is 5.82 Å². The van der Waals surface area contributed by atoms with Crippen LogP contribution in [0.5, 0.6) is 0 Å². The standard InChI is InChI=1S/C13H9FN2S4/c14-10-5-3-9(4-6-10)8-17-20-19-13-16-11-2-1-7-15-12(11)18-13/h1-7H,8H2. The fourth-order valence-electron chi connectivity index (χ4n) is 1.51. The van der Waals surface area contributed by atoms with Gasteiger partial charge in [0.1, 0.15) is 16.2 Å². The van der Waals surface area contributed by atoms with Gasteiger partial charge in [-0.15, -0.1) is 0 Å². The molecule has 0 spiro atoms. The van der Waals surface area contributed by atoms with Crippen LogP contribution in [0.1, 0.15) is 5.56 Å². The molecule has 2 aromatic heterocycles. The highest BCUT2D eigenvalue weighted by atomic mass is 33.5. The summed E-state index contributed by atoms with van der Waals surface area (Å²) in [4.78, 5) is 9.75. The summed E-state index contributed by atoms with van der Waals surface area (Å²) in [7, 11) is 5.04. The van der Waals surface area contributed by atoms with Gasteiger partial charge < -0.3 is 0 Å². The molecule has 2 heterocycles. The molecule has 0 fully saturated rings. The Hall–Kier alpha value is -0.760. The molecule has 20 heavy (non-hydrogen) atoms. The van der Waals surface area contributed by atoms with Crippen LogP contribution in [0.3, 0.4) is 0 Å². The zero-order chi connectivity index (χ0) is 13.8. The predicted molar refractivity (Wildman–Crippen MR) is 88.6 cm³/mol. The highest BCUT2D eigenvalue weighted by molar-refractivity contribution is 9.09. The first-order valence-electron chi connectivity index (χ1n) is 5.73. The van der Waals surface area contributed by atoms with E-state index in [1.54, 1.807) is 48.9 Å². The summed E-state index contributed by atoms with van der Waals surface area (Å²) in [6, 6.07) is 10.5. The van der Waals surface area contributed by atoms with Crippen LogP contribution in [0.2, 0.25) is 0 Å². The second-order valence-corrected chi connectivity index (χ2v) is 9.14. The topological polar surface area (TPSA) is 25.8 Å². The maximum atomic E-state index is 12.8. The second-order valence-electron chi connectivity index (χ2n) is 3.85. The fourth-order valence-corrected chi connectivity index (χ4v) is 6.57. The van der Waals surface area contributed by atoms with E-state index >= 15 is 0 Å². The molecule has 0 saturated carbocycles. The van der Waals surface area contributed by atoms with Gasteiger partial charge in [-0.3, -0.25) is 0 Å². The minimum absolute atomic E-state index is 0.192. The van der Waals surface area contributed by atoms with Crippen molar-refractivity contribution in [3.8, 4) is 0 Å². The van der Waals surface area contributed by atoms with E-state index in [0.717, 1.165) is 26.0 Å². The van der Waals surface area contributed by atoms with Crippen molar-refractivity contribution < 1.29 is 4.39 Å². The average Bonchev–Trinajstić information content (AvgIpc) is 2.88. The lowest BCUT2D eigenvalue weighted by molar-refractivity contribution is 0.627. The quantitative estimate of drug-likeness (QED) is 0.456. The molecule has 0 aliphatic heterocycles. The molecular weight excluding hydrogens is 331 g/mol. The summed E-state index contributed by atoms with van der Waals surface area (Å²) in [6.07, 6.45) is 1.78. The summed E-state index contributed by atoms with van der Waals surface area (Å²) in [5, 5.41) is 0. The van der Waals surface area contributed by atoms with Crippen LogP contribution >= 0.6 is 42.8 Å². The zero-order valence-corrected chi connectivity index (χ0v) is 13.4. The summed E-state index contributed by atoms with van der Waals surface area (Å²) in [6.45, 7) is 0. The van der Waals surface area contributed by atoms with Crippen molar-refractivity contribution in [3.63, 3.8) is 0 Å². The van der Waals surface area contributed by atoms with Gasteiger partial charge in [0.2, 0.25) is 0 Å². The Morgan fingerprint density at radius 1 is 1.15 bits per heavy atom. The minimum atomic E-state index is -0.192. The molecule has 0 radical (unpaired) electrons. The lowest BCUT2D eigenvalue weighted by atomic mass is 10.2. The highest BCUT2D eigenvalue weighted by Crippen LogP contribution is 2.43. The molecule has 7 heteroatoms. The van der Waals surface area contributed by atoms with E-state index in [4.69, 9.17) is 0 Å². The van der Waals surface area contributed by atoms with E-state index in [9.17, 15) is 4.39 Å². The van der Waals surface area contributed by atoms with Gasteiger partial charge in [-0.05, 0) is 50.4 Å². The predicted octanol–water partition coefficient (Wildman–Crippen LogP) is 5.42. The lowest BCUT2D eigenvalue weighted by Gasteiger charge is -1.99. The summed E-state index contributed by atoms with van der Waals surface area (Å²) < 4.78 is 13.8. The average molecular weight is 340 g/mol. The molecule has 1 aromatic carbocycles. The smallest absolute Gasteiger partial charge is 0.164 e. The Labute approximate surface area is 131 Å². The first kappa shape index (κ1) is 14.2. The Morgan fingerprint density at radius 3 is 2.80 bits per heavy atom. The van der Waals surface area contributed by atoms with Crippen molar-refractivity contribution in [3.05, 3.63) is 54.0 Å². The van der Waals surface area contributed by atoms with Crippen LogP contribution in [0, 0.1) is 5.82 Å². The molecule has 0 aliphatic carbocycles. The van der Waals surface area contributed by atoms with Crippen LogP contribution in [-0.4, -0.2) is 9.97 Å². The van der Waals surface area contributed by atoms with Gasteiger partial charge in [-0.1, -0.05) is 34.3 Å². The summed E-state index contributed by atoms with van der Waals surface area (Å²) >= 11 is 1.60. The molecule has 3 aromatic rings. The SMILES string of the molecule is Fc1ccc(CSSSc2nc3cccnc3s2)cc1. The molecule has 0 atom stereocenters. The maximum absolute atomic E-state index is 12.8. The first-order chi connectivity index (χ1) is 9.81. The van der Waals surface area contributed by atoms with Gasteiger partial charge in [0, 0.05) is 11.9 Å². The van der Waals surface area contributed by atoms with Crippen molar-refractivity contribution in [1.29, 1.82) is 0 Å². The number of aromatic nitrogens is 2. The number of rotatable bonds is 5. The van der Waals surface area contributed by atoms with Gasteiger partial charge in [-0.2, -0.15) is 0 Å². The second kappa shape index (κ2) is 6.80. The normalized spacial score (nSPS) is 11.1. The molecule has 102 valence electrons. The van der Waals surface area contributed by atoms with Crippen LogP contribution in [0.25, 0.3) is 10.3 Å². The molecule has 0 N–H and O–H groups in total. The molecule has 3 rings (SSSR count). The Morgan fingerprint density at radius 2 is 2.00 bits per heavy atom. The van der Waals surface area contributed by atoms with E-state index in [0.29, 0.717) is 0 Å². The monoisotopic (exact) mass is 340 g/mol. The number of nitrogens with zero attached hydrogens (tertiary/aromatic N) is 2. The third-order valence-electron chi connectivity index (χ3n) is 2.44. The van der Waals surface area contributed by atoms with Crippen LogP contribution < -0.4 is 0 Å². The number of fused-ring (bicyclic) bond motifs is 1. The first-order valence-corrected chi connectivity index (χ1v) is 10.2. The third kappa shape index (κ3) is 3.66. The van der Waals surface area contributed by atoms with Gasteiger partial charge in [0.05, 0.1) is 0 Å². The number of halogens is 1. The number of thiazole rings is 1. The molecule has 0 amide bonds. The van der Waals surface area contributed by atoms with Gasteiger partial charge in [-0.25, -0.2) is 14.4 Å². The number of hydrogen-bond acceptors (Lipinski definition) is 6. The Bertz CT molecular complexity index is 666. The molecule has 2 nitrogen and oxygen atoms in total. The van der Waals surface area contributed by atoms with E-state index < -0.39 is 0 Å². The number of hydrogen-bond donors (Lipinski definition) is 0. The molecule has 0 bridgehead atoms. The maximum Gasteiger partial charge on any atom is 0.164 e. The number of pyridine rings is 1. The Kier molecular flexibility index (Phi) is 4.82. The lowest BCUT2D eigenvalue weighted by Crippen LogP contribution is -1.78. The van der Waals surface area contributed by atoms with Crippen molar-refractivity contribution >= 4 is 53.1 Å². The summed E-state index contributed by atoms with van der Waals surface area (Å²) in [5.74, 6) is 0.656. The molecular formula is C13H9FN2S4. The van der Waals surface area contributed by atoms with E-state index in [1.807, 2.05) is 24.3 Å². The van der Waals surface area contributed by atoms with Crippen LogP contribution in [0.15, 0.2) is 46.9 Å². The third-order valence-corrected chi connectivity index (χ3v) is 7.68. The molecule has 0 unspecified atom stereocenters. The Balaban J connectivity index is 1.51. The van der Waals surface area contributed by atoms with E-state index in [1.165, 1.54) is 12.1 Å².